The van der Waals surface area contributed by atoms with Crippen molar-refractivity contribution < 1.29 is 4.42 Å². The minimum atomic E-state index is 0.900. The lowest BCUT2D eigenvalue weighted by Crippen LogP contribution is -2.01. The van der Waals surface area contributed by atoms with Crippen molar-refractivity contribution in [2.75, 3.05) is 0 Å². The number of rotatable bonds is 2. The molecule has 11 aromatic rings. The van der Waals surface area contributed by atoms with Crippen LogP contribution in [0.15, 0.2) is 174 Å². The number of aromatic nitrogens is 2. The van der Waals surface area contributed by atoms with Crippen molar-refractivity contribution in [3.63, 3.8) is 0 Å². The number of nitrogens with zero attached hydrogens (tertiary/aromatic N) is 2. The zero-order chi connectivity index (χ0) is 32.1. The highest BCUT2D eigenvalue weighted by atomic mass is 16.3. The quantitative estimate of drug-likeness (QED) is 0.188. The summed E-state index contributed by atoms with van der Waals surface area (Å²) in [4.78, 5) is 0. The Morgan fingerprint density at radius 2 is 1.02 bits per heavy atom. The molecule has 0 N–H and O–H groups in total. The van der Waals surface area contributed by atoms with Gasteiger partial charge in [-0.1, -0.05) is 121 Å². The van der Waals surface area contributed by atoms with Crippen molar-refractivity contribution in [1.29, 1.82) is 0 Å². The van der Waals surface area contributed by atoms with Gasteiger partial charge in [-0.3, -0.25) is 0 Å². The standard InChI is InChI=1S/C46H28N2O/c1-2-13-30-28-44-39(27-29(30)12-1)38-21-11-20-37(46(38)49-44)35-17-4-5-22-40(35)47-32-15-9-14-31(26-32)33-18-10-19-36-34-16-3-6-23-41(34)48(45(33)36)43-25-8-7-24-42(43)47/h1-28H. The van der Waals surface area contributed by atoms with Gasteiger partial charge in [0.05, 0.1) is 27.8 Å². The predicted octanol–water partition coefficient (Wildman–Crippen LogP) is 12.6. The first-order valence-electron chi connectivity index (χ1n) is 16.8. The molecule has 11 rings (SSSR count). The summed E-state index contributed by atoms with van der Waals surface area (Å²) < 4.78 is 11.7. The van der Waals surface area contributed by atoms with E-state index in [1.165, 1.54) is 43.4 Å². The van der Waals surface area contributed by atoms with Gasteiger partial charge in [0.15, 0.2) is 0 Å². The molecule has 0 amide bonds. The minimum absolute atomic E-state index is 0.900. The van der Waals surface area contributed by atoms with Crippen molar-refractivity contribution in [3.8, 4) is 16.8 Å². The first kappa shape index (κ1) is 26.5. The van der Waals surface area contributed by atoms with Crippen LogP contribution in [-0.2, 0) is 0 Å². The summed E-state index contributed by atoms with van der Waals surface area (Å²) in [5.41, 5.74) is 10.8. The van der Waals surface area contributed by atoms with Crippen molar-refractivity contribution in [2.45, 2.75) is 0 Å². The molecule has 0 aliphatic carbocycles. The van der Waals surface area contributed by atoms with E-state index in [1.54, 1.807) is 0 Å². The second kappa shape index (κ2) is 9.96. The van der Waals surface area contributed by atoms with E-state index in [0.29, 0.717) is 0 Å². The molecule has 0 saturated heterocycles. The van der Waals surface area contributed by atoms with E-state index >= 15 is 0 Å². The van der Waals surface area contributed by atoms with Crippen LogP contribution in [0.4, 0.5) is 0 Å². The normalized spacial score (nSPS) is 12.1. The zero-order valence-corrected chi connectivity index (χ0v) is 26.5. The van der Waals surface area contributed by atoms with Crippen LogP contribution in [0.3, 0.4) is 0 Å². The molecular weight excluding hydrogens is 597 g/mol. The van der Waals surface area contributed by atoms with Crippen LogP contribution >= 0.6 is 0 Å². The molecule has 3 nitrogen and oxygen atoms in total. The van der Waals surface area contributed by atoms with Crippen molar-refractivity contribution in [2.24, 2.45) is 0 Å². The Labute approximate surface area is 281 Å². The predicted molar refractivity (Wildman–Crippen MR) is 206 cm³/mol. The molecule has 3 aromatic heterocycles. The van der Waals surface area contributed by atoms with Crippen molar-refractivity contribution >= 4 is 81.8 Å². The van der Waals surface area contributed by atoms with E-state index in [0.717, 1.165) is 55.3 Å². The third-order valence-electron chi connectivity index (χ3n) is 10.3. The molecule has 0 atom stereocenters. The molecule has 0 spiro atoms. The molecule has 228 valence electrons. The third-order valence-corrected chi connectivity index (χ3v) is 10.3. The summed E-state index contributed by atoms with van der Waals surface area (Å²) in [5, 5.41) is 9.56. The van der Waals surface area contributed by atoms with Gasteiger partial charge in [0, 0.05) is 43.6 Å². The number of furan rings is 1. The van der Waals surface area contributed by atoms with E-state index in [9.17, 15) is 0 Å². The van der Waals surface area contributed by atoms with Gasteiger partial charge >= 0.3 is 0 Å². The van der Waals surface area contributed by atoms with Gasteiger partial charge in [0.2, 0.25) is 0 Å². The molecule has 2 bridgehead atoms. The number of para-hydroxylation sites is 6. The lowest BCUT2D eigenvalue weighted by atomic mass is 9.99. The topological polar surface area (TPSA) is 22.5 Å². The van der Waals surface area contributed by atoms with Crippen LogP contribution in [0, 0.1) is 0 Å². The lowest BCUT2D eigenvalue weighted by Gasteiger charge is -2.17. The lowest BCUT2D eigenvalue weighted by molar-refractivity contribution is 0.670. The van der Waals surface area contributed by atoms with E-state index in [1.807, 2.05) is 0 Å². The second-order valence-corrected chi connectivity index (χ2v) is 12.9. The van der Waals surface area contributed by atoms with Crippen LogP contribution in [0.25, 0.3) is 98.7 Å². The molecule has 0 fully saturated rings. The summed E-state index contributed by atoms with van der Waals surface area (Å²) in [6, 6.07) is 61.5. The summed E-state index contributed by atoms with van der Waals surface area (Å²) in [7, 11) is 0. The molecule has 3 heteroatoms. The van der Waals surface area contributed by atoms with Gasteiger partial charge in [-0.25, -0.2) is 0 Å². The Bertz CT molecular complexity index is 3170. The van der Waals surface area contributed by atoms with E-state index in [2.05, 4.69) is 179 Å². The Balaban J connectivity index is 1.31. The molecule has 0 unspecified atom stereocenters. The Hall–Kier alpha value is -6.58. The Morgan fingerprint density at radius 3 is 1.94 bits per heavy atom. The van der Waals surface area contributed by atoms with E-state index in [4.69, 9.17) is 4.42 Å². The zero-order valence-electron chi connectivity index (χ0n) is 26.5. The van der Waals surface area contributed by atoms with Crippen LogP contribution in [0.2, 0.25) is 0 Å². The molecule has 49 heavy (non-hydrogen) atoms. The maximum atomic E-state index is 6.76. The first-order valence-corrected chi connectivity index (χ1v) is 16.8. The van der Waals surface area contributed by atoms with E-state index < -0.39 is 0 Å². The van der Waals surface area contributed by atoms with Crippen LogP contribution in [0.1, 0.15) is 0 Å². The maximum Gasteiger partial charge on any atom is 0.143 e. The summed E-state index contributed by atoms with van der Waals surface area (Å²) in [5.74, 6) is 0. The van der Waals surface area contributed by atoms with Crippen molar-refractivity contribution in [3.05, 3.63) is 170 Å². The van der Waals surface area contributed by atoms with Gasteiger partial charge in [-0.05, 0) is 64.7 Å². The summed E-state index contributed by atoms with van der Waals surface area (Å²) >= 11 is 0. The minimum Gasteiger partial charge on any atom is -0.455 e. The average molecular weight is 625 g/mol. The Kier molecular flexibility index (Phi) is 5.38. The molecular formula is C46H28N2O. The molecule has 0 radical (unpaired) electrons. The number of benzene rings is 8. The largest absolute Gasteiger partial charge is 0.455 e. The smallest absolute Gasteiger partial charge is 0.143 e. The fourth-order valence-electron chi connectivity index (χ4n) is 8.16. The Morgan fingerprint density at radius 1 is 0.388 bits per heavy atom. The fourth-order valence-corrected chi connectivity index (χ4v) is 8.16. The summed E-state index contributed by atoms with van der Waals surface area (Å²) in [6.07, 6.45) is 0. The average Bonchev–Trinajstić information content (AvgIpc) is 3.70. The first-order chi connectivity index (χ1) is 24.3. The van der Waals surface area contributed by atoms with Gasteiger partial charge in [-0.2, -0.15) is 0 Å². The SMILES string of the molecule is c1ccc(-n2c3cccc(c3)c3cccc4c5ccccc5n(c5ccccc52)c34)c(-c2cccc3c2oc2cc4ccccc4cc23)c1. The second-order valence-electron chi connectivity index (χ2n) is 12.9. The van der Waals surface area contributed by atoms with Crippen molar-refractivity contribution in [1.82, 2.24) is 8.97 Å². The number of hydrogen-bond donors (Lipinski definition) is 0. The number of fused-ring (bicyclic) bond motifs is 12. The van der Waals surface area contributed by atoms with Gasteiger partial charge < -0.3 is 13.4 Å². The monoisotopic (exact) mass is 624 g/mol. The van der Waals surface area contributed by atoms with Crippen LogP contribution in [0.5, 0.6) is 0 Å². The van der Waals surface area contributed by atoms with Gasteiger partial charge in [0.1, 0.15) is 11.2 Å². The highest BCUT2D eigenvalue weighted by Crippen LogP contribution is 2.41. The molecule has 0 aliphatic rings. The highest BCUT2D eigenvalue weighted by Gasteiger charge is 2.19. The highest BCUT2D eigenvalue weighted by molar-refractivity contribution is 6.19. The third kappa shape index (κ3) is 3.73. The van der Waals surface area contributed by atoms with Gasteiger partial charge in [0.25, 0.3) is 0 Å². The maximum absolute atomic E-state index is 6.76. The molecule has 0 saturated carbocycles. The van der Waals surface area contributed by atoms with Crippen LogP contribution < -0.4 is 0 Å². The molecule has 3 heterocycles. The number of hydrogen-bond acceptors (Lipinski definition) is 1. The van der Waals surface area contributed by atoms with Crippen LogP contribution in [-0.4, -0.2) is 8.97 Å². The van der Waals surface area contributed by atoms with Gasteiger partial charge in [-0.15, -0.1) is 0 Å². The molecule has 0 aliphatic heterocycles. The fraction of sp³-hybridized carbons (Fsp3) is 0. The van der Waals surface area contributed by atoms with E-state index in [-0.39, 0.29) is 0 Å². The molecule has 8 aromatic carbocycles. The summed E-state index contributed by atoms with van der Waals surface area (Å²) in [6.45, 7) is 0.